The number of rotatable bonds is 5. The second-order valence-electron chi connectivity index (χ2n) is 6.53. The molecule has 2 aliphatic rings. The van der Waals surface area contributed by atoms with Crippen molar-refractivity contribution in [2.24, 2.45) is 0 Å². The van der Waals surface area contributed by atoms with Gasteiger partial charge < -0.3 is 15.0 Å². The molecule has 1 aromatic carbocycles. The van der Waals surface area contributed by atoms with Crippen molar-refractivity contribution in [3.05, 3.63) is 29.3 Å². The number of ether oxygens (including phenoxy) is 1. The third-order valence-corrected chi connectivity index (χ3v) is 5.98. The van der Waals surface area contributed by atoms with Crippen LogP contribution in [0.3, 0.4) is 0 Å². The van der Waals surface area contributed by atoms with Crippen molar-refractivity contribution in [3.8, 4) is 0 Å². The maximum atomic E-state index is 12.6. The Balaban J connectivity index is 0.00000121. The first-order valence-corrected chi connectivity index (χ1v) is 9.60. The summed E-state index contributed by atoms with van der Waals surface area (Å²) in [6.45, 7) is 2.85. The molecule has 2 saturated heterocycles. The van der Waals surface area contributed by atoms with Crippen molar-refractivity contribution < 1.29 is 9.53 Å². The van der Waals surface area contributed by atoms with Crippen LogP contribution in [-0.4, -0.2) is 48.1 Å². The van der Waals surface area contributed by atoms with Crippen LogP contribution in [-0.2, 0) is 9.53 Å². The molecule has 1 N–H and O–H groups in total. The molecule has 1 amide bonds. The zero-order valence-corrected chi connectivity index (χ0v) is 17.0. The SMILES string of the molecule is Cl.Cl.O=C(CNCC1CCCO1)N1CCCC1c1nc2ccccc2s1. The number of benzene rings is 1. The minimum atomic E-state index is 0. The van der Waals surface area contributed by atoms with Gasteiger partial charge >= 0.3 is 0 Å². The Morgan fingerprint density at radius 3 is 2.88 bits per heavy atom. The van der Waals surface area contributed by atoms with Crippen molar-refractivity contribution in [3.63, 3.8) is 0 Å². The Morgan fingerprint density at radius 1 is 1.27 bits per heavy atom. The smallest absolute Gasteiger partial charge is 0.237 e. The minimum absolute atomic E-state index is 0. The van der Waals surface area contributed by atoms with E-state index in [-0.39, 0.29) is 42.9 Å². The molecule has 2 fully saturated rings. The first kappa shape index (κ1) is 21.4. The van der Waals surface area contributed by atoms with Gasteiger partial charge in [-0.25, -0.2) is 4.98 Å². The molecule has 5 nitrogen and oxygen atoms in total. The second kappa shape index (κ2) is 9.85. The zero-order valence-electron chi connectivity index (χ0n) is 14.6. The minimum Gasteiger partial charge on any atom is -0.377 e. The average molecular weight is 418 g/mol. The number of thiazole rings is 1. The van der Waals surface area contributed by atoms with E-state index in [9.17, 15) is 4.79 Å². The predicted octanol–water partition coefficient (Wildman–Crippen LogP) is 3.57. The molecular weight excluding hydrogens is 393 g/mol. The van der Waals surface area contributed by atoms with E-state index in [2.05, 4.69) is 11.4 Å². The molecule has 4 rings (SSSR count). The lowest BCUT2D eigenvalue weighted by molar-refractivity contribution is -0.131. The summed E-state index contributed by atoms with van der Waals surface area (Å²) in [6, 6.07) is 8.33. The van der Waals surface area contributed by atoms with E-state index in [1.54, 1.807) is 11.3 Å². The van der Waals surface area contributed by atoms with Gasteiger partial charge in [-0.2, -0.15) is 0 Å². The number of fused-ring (bicyclic) bond motifs is 1. The van der Waals surface area contributed by atoms with Gasteiger partial charge in [0.1, 0.15) is 5.01 Å². The largest absolute Gasteiger partial charge is 0.377 e. The van der Waals surface area contributed by atoms with Gasteiger partial charge in [-0.15, -0.1) is 36.2 Å². The topological polar surface area (TPSA) is 54.5 Å². The quantitative estimate of drug-likeness (QED) is 0.807. The number of nitrogens with one attached hydrogen (secondary N) is 1. The Kier molecular flexibility index (Phi) is 8.10. The molecule has 0 radical (unpaired) electrons. The fourth-order valence-electron chi connectivity index (χ4n) is 3.60. The van der Waals surface area contributed by atoms with Gasteiger partial charge in [0, 0.05) is 19.7 Å². The third kappa shape index (κ3) is 4.67. The van der Waals surface area contributed by atoms with Gasteiger partial charge in [0.25, 0.3) is 0 Å². The van der Waals surface area contributed by atoms with Crippen LogP contribution in [0, 0.1) is 0 Å². The van der Waals surface area contributed by atoms with E-state index in [0.717, 1.165) is 55.9 Å². The van der Waals surface area contributed by atoms with Crippen LogP contribution in [0.2, 0.25) is 0 Å². The van der Waals surface area contributed by atoms with E-state index in [0.29, 0.717) is 6.54 Å². The molecule has 2 aromatic rings. The van der Waals surface area contributed by atoms with Gasteiger partial charge in [-0.1, -0.05) is 12.1 Å². The molecule has 3 heterocycles. The Morgan fingerprint density at radius 2 is 2.12 bits per heavy atom. The molecule has 2 atom stereocenters. The molecule has 0 aliphatic carbocycles. The van der Waals surface area contributed by atoms with Crippen molar-refractivity contribution >= 4 is 52.3 Å². The number of para-hydroxylation sites is 1. The molecule has 2 aliphatic heterocycles. The van der Waals surface area contributed by atoms with Crippen LogP contribution in [0.5, 0.6) is 0 Å². The van der Waals surface area contributed by atoms with Crippen LogP contribution in [0.1, 0.15) is 36.7 Å². The molecule has 0 spiro atoms. The molecule has 0 saturated carbocycles. The summed E-state index contributed by atoms with van der Waals surface area (Å²) in [5.74, 6) is 0.176. The number of hydrogen-bond donors (Lipinski definition) is 1. The fraction of sp³-hybridized carbons (Fsp3) is 0.556. The predicted molar refractivity (Wildman–Crippen MR) is 110 cm³/mol. The first-order chi connectivity index (χ1) is 11.8. The fourth-order valence-corrected chi connectivity index (χ4v) is 4.72. The van der Waals surface area contributed by atoms with Gasteiger partial charge in [0.15, 0.2) is 0 Å². The molecule has 0 bridgehead atoms. The van der Waals surface area contributed by atoms with Crippen molar-refractivity contribution in [2.75, 3.05) is 26.2 Å². The summed E-state index contributed by atoms with van der Waals surface area (Å²) in [7, 11) is 0. The highest BCUT2D eigenvalue weighted by Gasteiger charge is 2.32. The highest BCUT2D eigenvalue weighted by atomic mass is 35.5. The van der Waals surface area contributed by atoms with Gasteiger partial charge in [0.2, 0.25) is 5.91 Å². The maximum absolute atomic E-state index is 12.6. The van der Waals surface area contributed by atoms with Gasteiger partial charge in [-0.3, -0.25) is 4.79 Å². The lowest BCUT2D eigenvalue weighted by Crippen LogP contribution is -2.39. The summed E-state index contributed by atoms with van der Waals surface area (Å²) in [5.41, 5.74) is 1.04. The van der Waals surface area contributed by atoms with E-state index >= 15 is 0 Å². The van der Waals surface area contributed by atoms with E-state index in [1.165, 1.54) is 4.70 Å². The molecule has 2 unspecified atom stereocenters. The lowest BCUT2D eigenvalue weighted by Gasteiger charge is -2.23. The average Bonchev–Trinajstić information content (AvgIpc) is 3.33. The number of halogens is 2. The molecular formula is C18H25Cl2N3O2S. The summed E-state index contributed by atoms with van der Waals surface area (Å²) >= 11 is 1.71. The van der Waals surface area contributed by atoms with Crippen molar-refractivity contribution in [1.29, 1.82) is 0 Å². The normalized spacial score (nSPS) is 22.2. The van der Waals surface area contributed by atoms with Crippen LogP contribution in [0.4, 0.5) is 0 Å². The van der Waals surface area contributed by atoms with Gasteiger partial charge in [0.05, 0.1) is 28.9 Å². The van der Waals surface area contributed by atoms with E-state index in [4.69, 9.17) is 9.72 Å². The molecule has 1 aromatic heterocycles. The molecule has 8 heteroatoms. The maximum Gasteiger partial charge on any atom is 0.237 e. The lowest BCUT2D eigenvalue weighted by atomic mass is 10.2. The first-order valence-electron chi connectivity index (χ1n) is 8.78. The van der Waals surface area contributed by atoms with Crippen LogP contribution in [0.15, 0.2) is 24.3 Å². The highest BCUT2D eigenvalue weighted by Crippen LogP contribution is 2.36. The summed E-state index contributed by atoms with van der Waals surface area (Å²) < 4.78 is 6.79. The van der Waals surface area contributed by atoms with E-state index in [1.807, 2.05) is 23.1 Å². The molecule has 26 heavy (non-hydrogen) atoms. The Bertz CT molecular complexity index is 688. The number of nitrogens with zero attached hydrogens (tertiary/aromatic N) is 2. The van der Waals surface area contributed by atoms with Crippen molar-refractivity contribution in [1.82, 2.24) is 15.2 Å². The standard InChI is InChI=1S/C18H23N3O2S.2ClH/c22-17(12-19-11-13-5-4-10-23-13)21-9-3-7-15(21)18-20-14-6-1-2-8-16(14)24-18;;/h1-2,6,8,13,15,19H,3-5,7,9-12H2;2*1H. The number of carbonyl (C=O) groups is 1. The number of likely N-dealkylation sites (tertiary alicyclic amines) is 1. The zero-order chi connectivity index (χ0) is 16.4. The Labute approximate surface area is 170 Å². The third-order valence-electron chi connectivity index (χ3n) is 4.84. The van der Waals surface area contributed by atoms with Gasteiger partial charge in [-0.05, 0) is 37.8 Å². The van der Waals surface area contributed by atoms with Crippen LogP contribution >= 0.6 is 36.2 Å². The van der Waals surface area contributed by atoms with E-state index < -0.39 is 0 Å². The summed E-state index contributed by atoms with van der Waals surface area (Å²) in [6.07, 6.45) is 4.57. The number of hydrogen-bond acceptors (Lipinski definition) is 5. The summed E-state index contributed by atoms with van der Waals surface area (Å²) in [4.78, 5) is 19.4. The van der Waals surface area contributed by atoms with Crippen molar-refractivity contribution in [2.45, 2.75) is 37.8 Å². The second-order valence-corrected chi connectivity index (χ2v) is 7.59. The monoisotopic (exact) mass is 417 g/mol. The highest BCUT2D eigenvalue weighted by molar-refractivity contribution is 7.18. The molecule has 144 valence electrons. The number of aromatic nitrogens is 1. The van der Waals surface area contributed by atoms with Crippen LogP contribution in [0.25, 0.3) is 10.2 Å². The van der Waals surface area contributed by atoms with Crippen LogP contribution < -0.4 is 5.32 Å². The summed E-state index contributed by atoms with van der Waals surface area (Å²) in [5, 5.41) is 4.34. The number of carbonyl (C=O) groups excluding carboxylic acids is 1. The number of amides is 1. The Hall–Kier alpha value is -0.920.